The van der Waals surface area contributed by atoms with Gasteiger partial charge in [-0.3, -0.25) is 4.79 Å². The molecule has 2 aromatic carbocycles. The van der Waals surface area contributed by atoms with Gasteiger partial charge in [0.15, 0.2) is 0 Å². The minimum absolute atomic E-state index is 0.154. The number of benzene rings is 2. The number of carbonyl (C=O) groups is 1. The number of rotatable bonds is 5. The number of nitrogens with zero attached hydrogens (tertiary/aromatic N) is 5. The van der Waals surface area contributed by atoms with Gasteiger partial charge in [0.1, 0.15) is 11.1 Å². The number of aromatic nitrogens is 4. The average Bonchev–Trinajstić information content (AvgIpc) is 3.41. The zero-order chi connectivity index (χ0) is 21.2. The highest BCUT2D eigenvalue weighted by atomic mass is 32.2. The maximum atomic E-state index is 12.6. The molecule has 7 nitrogen and oxygen atoms in total. The lowest BCUT2D eigenvalue weighted by atomic mass is 9.96. The summed E-state index contributed by atoms with van der Waals surface area (Å²) in [5.41, 5.74) is 2.57. The number of nitriles is 1. The van der Waals surface area contributed by atoms with E-state index in [1.54, 1.807) is 4.68 Å². The van der Waals surface area contributed by atoms with Gasteiger partial charge in [0.2, 0.25) is 11.1 Å². The largest absolute Gasteiger partial charge is 0.316 e. The summed E-state index contributed by atoms with van der Waals surface area (Å²) >= 11 is 2.80. The Hall–Kier alpha value is -3.22. The van der Waals surface area contributed by atoms with Crippen LogP contribution in [0.4, 0.5) is 5.00 Å². The fourth-order valence-corrected chi connectivity index (χ4v) is 5.75. The van der Waals surface area contributed by atoms with Crippen molar-refractivity contribution < 1.29 is 4.79 Å². The molecule has 1 N–H and O–H groups in total. The van der Waals surface area contributed by atoms with Crippen LogP contribution in [0.15, 0.2) is 47.6 Å². The standard InChI is InChI=1S/C22H18N6OS2/c23-12-18-17-7-3-4-8-19(17)31-21(18)24-20(29)13-30-22-25-26-27-28(22)16-10-9-14-5-1-2-6-15(14)11-16/h1-2,5-6,9-11H,3-4,7-8,13H2,(H,24,29). The first-order chi connectivity index (χ1) is 15.2. The molecule has 1 aliphatic rings. The van der Waals surface area contributed by atoms with Gasteiger partial charge in [-0.15, -0.1) is 16.4 Å². The zero-order valence-electron chi connectivity index (χ0n) is 16.5. The third kappa shape index (κ3) is 3.92. The van der Waals surface area contributed by atoms with Crippen molar-refractivity contribution in [3.8, 4) is 11.8 Å². The number of thioether (sulfide) groups is 1. The van der Waals surface area contributed by atoms with E-state index in [0.717, 1.165) is 47.7 Å². The van der Waals surface area contributed by atoms with E-state index < -0.39 is 0 Å². The third-order valence-electron chi connectivity index (χ3n) is 5.29. The van der Waals surface area contributed by atoms with E-state index >= 15 is 0 Å². The maximum Gasteiger partial charge on any atom is 0.235 e. The lowest BCUT2D eigenvalue weighted by Gasteiger charge is -2.09. The first-order valence-electron chi connectivity index (χ1n) is 9.98. The van der Waals surface area contributed by atoms with Gasteiger partial charge in [0.05, 0.1) is 17.0 Å². The number of fused-ring (bicyclic) bond motifs is 2. The van der Waals surface area contributed by atoms with Crippen LogP contribution in [0.2, 0.25) is 0 Å². The summed E-state index contributed by atoms with van der Waals surface area (Å²) in [5, 5.41) is 27.9. The van der Waals surface area contributed by atoms with Gasteiger partial charge in [-0.25, -0.2) is 0 Å². The molecule has 0 saturated carbocycles. The Bertz CT molecular complexity index is 1320. The SMILES string of the molecule is N#Cc1c(NC(=O)CSc2nnnn2-c2ccc3ccccc3c2)sc2c1CCCC2. The molecule has 0 aliphatic heterocycles. The highest BCUT2D eigenvalue weighted by molar-refractivity contribution is 7.99. The summed E-state index contributed by atoms with van der Waals surface area (Å²) < 4.78 is 1.63. The third-order valence-corrected chi connectivity index (χ3v) is 7.41. The van der Waals surface area contributed by atoms with E-state index in [-0.39, 0.29) is 11.7 Å². The maximum absolute atomic E-state index is 12.6. The summed E-state index contributed by atoms with van der Waals surface area (Å²) in [7, 11) is 0. The van der Waals surface area contributed by atoms with Crippen molar-refractivity contribution in [2.75, 3.05) is 11.1 Å². The smallest absolute Gasteiger partial charge is 0.235 e. The van der Waals surface area contributed by atoms with Crippen molar-refractivity contribution in [3.05, 3.63) is 58.5 Å². The molecule has 5 rings (SSSR count). The molecule has 1 aliphatic carbocycles. The zero-order valence-corrected chi connectivity index (χ0v) is 18.2. The second kappa shape index (κ2) is 8.49. The molecule has 0 atom stereocenters. The Labute approximate surface area is 187 Å². The average molecular weight is 447 g/mol. The fourth-order valence-electron chi connectivity index (χ4n) is 3.80. The monoisotopic (exact) mass is 446 g/mol. The molecule has 31 heavy (non-hydrogen) atoms. The number of thiophene rings is 1. The van der Waals surface area contributed by atoms with Crippen LogP contribution in [-0.2, 0) is 17.6 Å². The van der Waals surface area contributed by atoms with Crippen molar-refractivity contribution in [1.29, 1.82) is 5.26 Å². The Morgan fingerprint density at radius 3 is 2.90 bits per heavy atom. The van der Waals surface area contributed by atoms with Crippen molar-refractivity contribution in [1.82, 2.24) is 20.2 Å². The van der Waals surface area contributed by atoms with Crippen LogP contribution >= 0.6 is 23.1 Å². The van der Waals surface area contributed by atoms with E-state index in [2.05, 4.69) is 33.0 Å². The van der Waals surface area contributed by atoms with Crippen LogP contribution in [-0.4, -0.2) is 31.9 Å². The van der Waals surface area contributed by atoms with Gasteiger partial charge in [-0.1, -0.05) is 42.1 Å². The highest BCUT2D eigenvalue weighted by Crippen LogP contribution is 2.37. The number of anilines is 1. The van der Waals surface area contributed by atoms with Crippen molar-refractivity contribution in [2.45, 2.75) is 30.8 Å². The first-order valence-corrected chi connectivity index (χ1v) is 11.8. The van der Waals surface area contributed by atoms with Crippen LogP contribution < -0.4 is 5.32 Å². The second-order valence-electron chi connectivity index (χ2n) is 7.27. The number of nitrogens with one attached hydrogen (secondary N) is 1. The van der Waals surface area contributed by atoms with E-state index in [0.29, 0.717) is 15.7 Å². The number of carbonyl (C=O) groups excluding carboxylic acids is 1. The topological polar surface area (TPSA) is 96.5 Å². The van der Waals surface area contributed by atoms with Gasteiger partial charge in [0.25, 0.3) is 0 Å². The van der Waals surface area contributed by atoms with E-state index in [4.69, 9.17) is 0 Å². The minimum Gasteiger partial charge on any atom is -0.316 e. The lowest BCUT2D eigenvalue weighted by molar-refractivity contribution is -0.113. The van der Waals surface area contributed by atoms with E-state index in [1.807, 2.05) is 36.4 Å². The Kier molecular flexibility index (Phi) is 5.40. The van der Waals surface area contributed by atoms with E-state index in [1.165, 1.54) is 28.0 Å². The molecule has 2 aromatic heterocycles. The number of hydrogen-bond acceptors (Lipinski definition) is 7. The van der Waals surface area contributed by atoms with Crippen LogP contribution in [0.3, 0.4) is 0 Å². The summed E-state index contributed by atoms with van der Waals surface area (Å²) in [6, 6.07) is 16.4. The van der Waals surface area contributed by atoms with Crippen LogP contribution in [0, 0.1) is 11.3 Å². The molecule has 4 aromatic rings. The van der Waals surface area contributed by atoms with Gasteiger partial charge in [-0.05, 0) is 64.6 Å². The van der Waals surface area contributed by atoms with Crippen LogP contribution in [0.5, 0.6) is 0 Å². The fraction of sp³-hybridized carbons (Fsp3) is 0.227. The summed E-state index contributed by atoms with van der Waals surface area (Å²) in [5.74, 6) is -0.0188. The normalized spacial score (nSPS) is 13.0. The highest BCUT2D eigenvalue weighted by Gasteiger charge is 2.22. The molecule has 0 spiro atoms. The molecule has 2 heterocycles. The minimum atomic E-state index is -0.173. The molecule has 154 valence electrons. The lowest BCUT2D eigenvalue weighted by Crippen LogP contribution is -2.14. The summed E-state index contributed by atoms with van der Waals surface area (Å²) in [4.78, 5) is 13.8. The van der Waals surface area contributed by atoms with Crippen LogP contribution in [0.25, 0.3) is 16.5 Å². The molecule has 1 amide bonds. The Morgan fingerprint density at radius 1 is 1.19 bits per heavy atom. The van der Waals surface area contributed by atoms with Crippen molar-refractivity contribution in [3.63, 3.8) is 0 Å². The van der Waals surface area contributed by atoms with Crippen molar-refractivity contribution >= 4 is 44.8 Å². The molecular formula is C22H18N6OS2. The predicted molar refractivity (Wildman–Crippen MR) is 122 cm³/mol. The van der Waals surface area contributed by atoms with Gasteiger partial charge in [0, 0.05) is 4.88 Å². The molecule has 0 fully saturated rings. The number of amides is 1. The molecule has 9 heteroatoms. The van der Waals surface area contributed by atoms with Crippen LogP contribution in [0.1, 0.15) is 28.8 Å². The predicted octanol–water partition coefficient (Wildman–Crippen LogP) is 4.36. The van der Waals surface area contributed by atoms with E-state index in [9.17, 15) is 10.1 Å². The van der Waals surface area contributed by atoms with Gasteiger partial charge >= 0.3 is 0 Å². The summed E-state index contributed by atoms with van der Waals surface area (Å²) in [6.07, 6.45) is 4.14. The first kappa shape index (κ1) is 19.7. The van der Waals surface area contributed by atoms with Gasteiger partial charge < -0.3 is 5.32 Å². The molecule has 0 unspecified atom stereocenters. The van der Waals surface area contributed by atoms with Crippen molar-refractivity contribution in [2.24, 2.45) is 0 Å². The quantitative estimate of drug-likeness (QED) is 0.458. The van der Waals surface area contributed by atoms with Gasteiger partial charge in [-0.2, -0.15) is 9.94 Å². The second-order valence-corrected chi connectivity index (χ2v) is 9.32. The number of tetrazole rings is 1. The summed E-state index contributed by atoms with van der Waals surface area (Å²) in [6.45, 7) is 0. The number of hydrogen-bond donors (Lipinski definition) is 1. The molecule has 0 bridgehead atoms. The molecule has 0 radical (unpaired) electrons. The number of aryl methyl sites for hydroxylation is 1. The Morgan fingerprint density at radius 2 is 2.03 bits per heavy atom. The Balaban J connectivity index is 1.30. The molecule has 0 saturated heterocycles. The molecular weight excluding hydrogens is 428 g/mol.